The molecule has 2 heteroatoms. The van der Waals surface area contributed by atoms with E-state index in [2.05, 4.69) is 20.8 Å². The smallest absolute Gasteiger partial charge is 0.0786 e. The molecular weight excluding hydrogens is 152 g/mol. The first kappa shape index (κ1) is 9.27. The Labute approximate surface area is 71.1 Å². The first-order valence-electron chi connectivity index (χ1n) is 4.88. The third-order valence-corrected chi connectivity index (χ3v) is 9.13. The van der Waals surface area contributed by atoms with Gasteiger partial charge in [-0.1, -0.05) is 38.9 Å². The largest absolute Gasteiger partial charge is 0.373 e. The summed E-state index contributed by atoms with van der Waals surface area (Å²) in [6, 6.07) is 5.76. The van der Waals surface area contributed by atoms with Gasteiger partial charge < -0.3 is 4.74 Å². The first-order valence-corrected chi connectivity index (χ1v) is 7.70. The molecule has 0 unspecified atom stereocenters. The molecule has 0 aliphatic carbocycles. The van der Waals surface area contributed by atoms with Gasteiger partial charge in [-0.15, -0.1) is 0 Å². The van der Waals surface area contributed by atoms with Crippen molar-refractivity contribution in [2.45, 2.75) is 51.1 Å². The Hall–Kier alpha value is 0.177. The molecule has 0 saturated carbocycles. The summed E-state index contributed by atoms with van der Waals surface area (Å²) in [7, 11) is -0.843. The second-order valence-electron chi connectivity index (χ2n) is 3.72. The van der Waals surface area contributed by atoms with E-state index in [9.17, 15) is 0 Å². The molecule has 11 heavy (non-hydrogen) atoms. The van der Waals surface area contributed by atoms with E-state index in [1.54, 1.807) is 0 Å². The molecule has 1 aliphatic heterocycles. The van der Waals surface area contributed by atoms with Gasteiger partial charge in [0.2, 0.25) is 0 Å². The Balaban J connectivity index is 2.39. The highest BCUT2D eigenvalue weighted by molar-refractivity contribution is 6.79. The highest BCUT2D eigenvalue weighted by atomic mass is 28.3. The predicted octanol–water partition coefficient (Wildman–Crippen LogP) is 2.89. The lowest BCUT2D eigenvalue weighted by atomic mass is 10.6. The van der Waals surface area contributed by atoms with Crippen molar-refractivity contribution in [3.05, 3.63) is 0 Å². The summed E-state index contributed by atoms with van der Waals surface area (Å²) in [4.78, 5) is 0. The third-order valence-electron chi connectivity index (χ3n) is 3.31. The normalized spacial score (nSPS) is 23.7. The summed E-state index contributed by atoms with van der Waals surface area (Å²) in [5, 5.41) is 0. The van der Waals surface area contributed by atoms with Crippen LogP contribution in [0.3, 0.4) is 0 Å². The van der Waals surface area contributed by atoms with Crippen molar-refractivity contribution in [1.82, 2.24) is 0 Å². The van der Waals surface area contributed by atoms with Crippen molar-refractivity contribution in [2.75, 3.05) is 6.61 Å². The van der Waals surface area contributed by atoms with Gasteiger partial charge >= 0.3 is 0 Å². The number of epoxide rings is 1. The van der Waals surface area contributed by atoms with Crippen molar-refractivity contribution in [3.63, 3.8) is 0 Å². The molecule has 1 aliphatic rings. The van der Waals surface area contributed by atoms with Crippen LogP contribution in [0.2, 0.25) is 24.2 Å². The van der Waals surface area contributed by atoms with Crippen LogP contribution < -0.4 is 0 Å². The molecule has 0 aromatic carbocycles. The van der Waals surface area contributed by atoms with Crippen LogP contribution in [0.15, 0.2) is 0 Å². The van der Waals surface area contributed by atoms with E-state index < -0.39 is 8.07 Å². The number of rotatable bonds is 5. The number of hydrogen-bond donors (Lipinski definition) is 0. The van der Waals surface area contributed by atoms with Crippen molar-refractivity contribution < 1.29 is 4.74 Å². The minimum Gasteiger partial charge on any atom is -0.373 e. The maximum absolute atomic E-state index is 5.30. The van der Waals surface area contributed by atoms with Crippen LogP contribution in [0.1, 0.15) is 20.8 Å². The van der Waals surface area contributed by atoms with Crippen LogP contribution in [0.25, 0.3) is 0 Å². The molecule has 66 valence electrons. The zero-order valence-electron chi connectivity index (χ0n) is 8.02. The average Bonchev–Trinajstić information content (AvgIpc) is 2.84. The van der Waals surface area contributed by atoms with E-state index in [-0.39, 0.29) is 0 Å². The van der Waals surface area contributed by atoms with Crippen LogP contribution in [-0.4, -0.2) is 20.8 Å². The Morgan fingerprint density at radius 2 is 1.64 bits per heavy atom. The predicted molar refractivity (Wildman–Crippen MR) is 51.7 cm³/mol. The van der Waals surface area contributed by atoms with E-state index in [4.69, 9.17) is 4.74 Å². The molecule has 1 atom stereocenters. The second-order valence-corrected chi connectivity index (χ2v) is 9.25. The highest BCUT2D eigenvalue weighted by Crippen LogP contribution is 2.31. The molecule has 0 bridgehead atoms. The van der Waals surface area contributed by atoms with Crippen LogP contribution in [0.5, 0.6) is 0 Å². The van der Waals surface area contributed by atoms with Crippen LogP contribution >= 0.6 is 0 Å². The maximum Gasteiger partial charge on any atom is 0.0786 e. The van der Waals surface area contributed by atoms with Gasteiger partial charge in [-0.05, 0) is 6.04 Å². The van der Waals surface area contributed by atoms with E-state index >= 15 is 0 Å². The number of ether oxygens (including phenoxy) is 1. The molecule has 0 spiro atoms. The monoisotopic (exact) mass is 172 g/mol. The van der Waals surface area contributed by atoms with Crippen LogP contribution in [-0.2, 0) is 4.74 Å². The molecule has 0 N–H and O–H groups in total. The molecule has 1 rings (SSSR count). The highest BCUT2D eigenvalue weighted by Gasteiger charge is 2.35. The summed E-state index contributed by atoms with van der Waals surface area (Å²) in [5.74, 6) is 0. The minimum atomic E-state index is -0.843. The topological polar surface area (TPSA) is 12.5 Å². The van der Waals surface area contributed by atoms with Gasteiger partial charge in [0.05, 0.1) is 20.8 Å². The first-order chi connectivity index (χ1) is 5.26. The van der Waals surface area contributed by atoms with Crippen molar-refractivity contribution in [3.8, 4) is 0 Å². The molecule has 1 heterocycles. The fraction of sp³-hybridized carbons (Fsp3) is 1.00. The molecule has 1 saturated heterocycles. The summed E-state index contributed by atoms with van der Waals surface area (Å²) in [5.41, 5.74) is 0. The van der Waals surface area contributed by atoms with Gasteiger partial charge in [-0.3, -0.25) is 0 Å². The van der Waals surface area contributed by atoms with Crippen molar-refractivity contribution >= 4 is 8.07 Å². The summed E-state index contributed by atoms with van der Waals surface area (Å²) in [6.45, 7) is 8.14. The third kappa shape index (κ3) is 2.31. The number of hydrogen-bond acceptors (Lipinski definition) is 1. The van der Waals surface area contributed by atoms with Gasteiger partial charge in [0.1, 0.15) is 0 Å². The lowest BCUT2D eigenvalue weighted by Gasteiger charge is -2.26. The Bertz CT molecular complexity index is 108. The minimum absolute atomic E-state index is 0.668. The second kappa shape index (κ2) is 3.72. The fourth-order valence-electron chi connectivity index (χ4n) is 1.85. The van der Waals surface area contributed by atoms with Crippen molar-refractivity contribution in [2.24, 2.45) is 0 Å². The molecule has 0 aromatic heterocycles. The molecule has 1 nitrogen and oxygen atoms in total. The molecule has 0 aromatic rings. The fourth-order valence-corrected chi connectivity index (χ4v) is 5.42. The summed E-state index contributed by atoms with van der Waals surface area (Å²) >= 11 is 0. The van der Waals surface area contributed by atoms with Crippen LogP contribution in [0.4, 0.5) is 0 Å². The zero-order chi connectivity index (χ0) is 8.32. The summed E-state index contributed by atoms with van der Waals surface area (Å²) in [6.07, 6.45) is 0.668. The molecule has 1 fully saturated rings. The SMILES string of the molecule is CC[Si](CC)(CC)C[C@H]1CO1. The van der Waals surface area contributed by atoms with E-state index in [0.717, 1.165) is 6.61 Å². The van der Waals surface area contributed by atoms with E-state index in [1.165, 1.54) is 24.2 Å². The average molecular weight is 172 g/mol. The van der Waals surface area contributed by atoms with E-state index in [0.29, 0.717) is 6.10 Å². The Morgan fingerprint density at radius 3 is 1.91 bits per heavy atom. The Morgan fingerprint density at radius 1 is 1.18 bits per heavy atom. The zero-order valence-corrected chi connectivity index (χ0v) is 9.02. The van der Waals surface area contributed by atoms with Crippen LogP contribution in [0, 0.1) is 0 Å². The lowest BCUT2D eigenvalue weighted by molar-refractivity contribution is 0.420. The van der Waals surface area contributed by atoms with E-state index in [1.807, 2.05) is 0 Å². The van der Waals surface area contributed by atoms with Gasteiger partial charge in [0.15, 0.2) is 0 Å². The quantitative estimate of drug-likeness (QED) is 0.459. The van der Waals surface area contributed by atoms with Gasteiger partial charge in [0.25, 0.3) is 0 Å². The molecule has 0 amide bonds. The van der Waals surface area contributed by atoms with Gasteiger partial charge in [0, 0.05) is 0 Å². The molecule has 0 radical (unpaired) electrons. The molecular formula is C9H20OSi. The Kier molecular flexibility index (Phi) is 3.13. The van der Waals surface area contributed by atoms with Gasteiger partial charge in [-0.25, -0.2) is 0 Å². The lowest BCUT2D eigenvalue weighted by Crippen LogP contribution is -2.32. The maximum atomic E-state index is 5.30. The summed E-state index contributed by atoms with van der Waals surface area (Å²) < 4.78 is 5.30. The standard InChI is InChI=1S/C9H20OSi/c1-4-11(5-2,6-3)8-9-7-10-9/h9H,4-8H2,1-3H3/t9-/m1/s1. The van der Waals surface area contributed by atoms with Crippen molar-refractivity contribution in [1.29, 1.82) is 0 Å². The van der Waals surface area contributed by atoms with Gasteiger partial charge in [-0.2, -0.15) is 0 Å².